The molecule has 118 valence electrons. The Kier molecular flexibility index (Phi) is 5.44. The molecule has 5 heteroatoms. The minimum absolute atomic E-state index is 0.0282. The fourth-order valence-electron chi connectivity index (χ4n) is 2.91. The number of amides is 2. The van der Waals surface area contributed by atoms with Gasteiger partial charge in [-0.25, -0.2) is 4.79 Å². The molecule has 1 saturated heterocycles. The summed E-state index contributed by atoms with van der Waals surface area (Å²) in [5.41, 5.74) is -1.11. The maximum Gasteiger partial charge on any atom is 0.317 e. The lowest BCUT2D eigenvalue weighted by molar-refractivity contribution is 0.00316. The Morgan fingerprint density at radius 2 is 2.05 bits per heavy atom. The lowest BCUT2D eigenvalue weighted by atomic mass is 9.97. The number of nitrogens with one attached hydrogen (secondary N) is 1. The SMILES string of the molecule is COC(C)(C)C[C@H](C)NC(=O)N1CCC[C@H]1C(C)(C)O. The van der Waals surface area contributed by atoms with Crippen molar-refractivity contribution in [1.82, 2.24) is 10.2 Å². The van der Waals surface area contributed by atoms with Gasteiger partial charge in [0.1, 0.15) is 0 Å². The summed E-state index contributed by atoms with van der Waals surface area (Å²) in [5.74, 6) is 0. The van der Waals surface area contributed by atoms with Crippen molar-refractivity contribution in [2.24, 2.45) is 0 Å². The first-order valence-electron chi connectivity index (χ1n) is 7.41. The molecule has 1 heterocycles. The fourth-order valence-corrected chi connectivity index (χ4v) is 2.91. The summed E-state index contributed by atoms with van der Waals surface area (Å²) < 4.78 is 5.39. The Labute approximate surface area is 122 Å². The molecule has 1 rings (SSSR count). The number of hydrogen-bond acceptors (Lipinski definition) is 3. The van der Waals surface area contributed by atoms with Crippen LogP contribution in [0.25, 0.3) is 0 Å². The second-order valence-electron chi connectivity index (χ2n) is 7.02. The van der Waals surface area contributed by atoms with E-state index in [0.29, 0.717) is 6.54 Å². The van der Waals surface area contributed by atoms with Crippen LogP contribution in [-0.4, -0.2) is 53.0 Å². The fraction of sp³-hybridized carbons (Fsp3) is 0.933. The Morgan fingerprint density at radius 3 is 2.55 bits per heavy atom. The summed E-state index contributed by atoms with van der Waals surface area (Å²) in [5, 5.41) is 13.2. The van der Waals surface area contributed by atoms with Gasteiger partial charge in [-0.3, -0.25) is 0 Å². The van der Waals surface area contributed by atoms with Gasteiger partial charge >= 0.3 is 6.03 Å². The molecule has 0 aromatic carbocycles. The molecule has 1 fully saturated rings. The quantitative estimate of drug-likeness (QED) is 0.814. The maximum absolute atomic E-state index is 12.3. The summed E-state index contributed by atoms with van der Waals surface area (Å²) in [6.45, 7) is 10.2. The Bertz CT molecular complexity index is 337. The van der Waals surface area contributed by atoms with E-state index < -0.39 is 5.60 Å². The van der Waals surface area contributed by atoms with Crippen LogP contribution in [0.15, 0.2) is 0 Å². The molecule has 0 aromatic rings. The van der Waals surface area contributed by atoms with E-state index in [4.69, 9.17) is 4.74 Å². The van der Waals surface area contributed by atoms with Crippen molar-refractivity contribution in [2.45, 2.75) is 77.2 Å². The Morgan fingerprint density at radius 1 is 1.45 bits per heavy atom. The van der Waals surface area contributed by atoms with E-state index in [-0.39, 0.29) is 23.7 Å². The van der Waals surface area contributed by atoms with Crippen molar-refractivity contribution in [3.05, 3.63) is 0 Å². The number of hydrogen-bond donors (Lipinski definition) is 2. The molecule has 1 aliphatic heterocycles. The van der Waals surface area contributed by atoms with E-state index in [9.17, 15) is 9.90 Å². The van der Waals surface area contributed by atoms with Crippen LogP contribution in [-0.2, 0) is 4.74 Å². The van der Waals surface area contributed by atoms with Gasteiger partial charge in [0.25, 0.3) is 0 Å². The third kappa shape index (κ3) is 4.63. The highest BCUT2D eigenvalue weighted by atomic mass is 16.5. The normalized spacial score (nSPS) is 21.9. The van der Waals surface area contributed by atoms with Crippen LogP contribution in [0, 0.1) is 0 Å². The van der Waals surface area contributed by atoms with E-state index in [1.807, 2.05) is 20.8 Å². The highest BCUT2D eigenvalue weighted by Gasteiger charge is 2.38. The van der Waals surface area contributed by atoms with E-state index in [1.54, 1.807) is 25.9 Å². The summed E-state index contributed by atoms with van der Waals surface area (Å²) in [6, 6.07) is -0.167. The topological polar surface area (TPSA) is 61.8 Å². The summed E-state index contributed by atoms with van der Waals surface area (Å²) >= 11 is 0. The molecular formula is C15H30N2O3. The van der Waals surface area contributed by atoms with Crippen LogP contribution >= 0.6 is 0 Å². The first kappa shape index (κ1) is 17.2. The largest absolute Gasteiger partial charge is 0.388 e. The Hall–Kier alpha value is -0.810. The van der Waals surface area contributed by atoms with Crippen molar-refractivity contribution >= 4 is 6.03 Å². The molecule has 0 aromatic heterocycles. The maximum atomic E-state index is 12.3. The second kappa shape index (κ2) is 6.31. The zero-order valence-corrected chi connectivity index (χ0v) is 13.7. The van der Waals surface area contributed by atoms with Gasteiger partial charge in [0.05, 0.1) is 17.2 Å². The lowest BCUT2D eigenvalue weighted by Gasteiger charge is -2.35. The lowest BCUT2D eigenvalue weighted by Crippen LogP contribution is -2.53. The van der Waals surface area contributed by atoms with Gasteiger partial charge in [-0.2, -0.15) is 0 Å². The average Bonchev–Trinajstić information content (AvgIpc) is 2.76. The Balaban J connectivity index is 2.58. The van der Waals surface area contributed by atoms with E-state index >= 15 is 0 Å². The summed E-state index contributed by atoms with van der Waals surface area (Å²) in [6.07, 6.45) is 2.55. The predicted molar refractivity (Wildman–Crippen MR) is 79.7 cm³/mol. The van der Waals surface area contributed by atoms with Crippen LogP contribution < -0.4 is 5.32 Å². The van der Waals surface area contributed by atoms with Crippen LogP contribution in [0.1, 0.15) is 53.9 Å². The first-order chi connectivity index (χ1) is 9.07. The smallest absolute Gasteiger partial charge is 0.317 e. The predicted octanol–water partition coefficient (Wildman–Crippen LogP) is 2.13. The number of ether oxygens (including phenoxy) is 1. The van der Waals surface area contributed by atoms with Crippen LogP contribution in [0.3, 0.4) is 0 Å². The molecule has 2 amide bonds. The van der Waals surface area contributed by atoms with Crippen molar-refractivity contribution in [1.29, 1.82) is 0 Å². The molecule has 0 radical (unpaired) electrons. The molecule has 0 saturated carbocycles. The van der Waals surface area contributed by atoms with Crippen LogP contribution in [0.5, 0.6) is 0 Å². The van der Waals surface area contributed by atoms with Crippen molar-refractivity contribution < 1.29 is 14.6 Å². The second-order valence-corrected chi connectivity index (χ2v) is 7.02. The minimum Gasteiger partial charge on any atom is -0.388 e. The number of aliphatic hydroxyl groups is 1. The van der Waals surface area contributed by atoms with Crippen molar-refractivity contribution in [3.8, 4) is 0 Å². The van der Waals surface area contributed by atoms with Crippen LogP contribution in [0.4, 0.5) is 4.79 Å². The average molecular weight is 286 g/mol. The van der Waals surface area contributed by atoms with Gasteiger partial charge in [-0.15, -0.1) is 0 Å². The molecule has 1 aliphatic rings. The molecule has 2 N–H and O–H groups in total. The standard InChI is InChI=1S/C15H30N2O3/c1-11(10-14(2,3)20-6)16-13(18)17-9-7-8-12(17)15(4,5)19/h11-12,19H,7-10H2,1-6H3,(H,16,18)/t11-,12-/m0/s1. The molecule has 2 atom stereocenters. The number of rotatable bonds is 5. The molecule has 0 aliphatic carbocycles. The molecule has 0 bridgehead atoms. The van der Waals surface area contributed by atoms with Gasteiger partial charge in [-0.1, -0.05) is 0 Å². The monoisotopic (exact) mass is 286 g/mol. The van der Waals surface area contributed by atoms with Gasteiger partial charge in [0, 0.05) is 19.7 Å². The summed E-state index contributed by atoms with van der Waals surface area (Å²) in [4.78, 5) is 14.1. The van der Waals surface area contributed by atoms with Gasteiger partial charge < -0.3 is 20.1 Å². The molecule has 0 unspecified atom stereocenters. The molecule has 20 heavy (non-hydrogen) atoms. The van der Waals surface area contributed by atoms with Gasteiger partial charge in [-0.05, 0) is 53.9 Å². The van der Waals surface area contributed by atoms with Crippen molar-refractivity contribution in [2.75, 3.05) is 13.7 Å². The van der Waals surface area contributed by atoms with Crippen LogP contribution in [0.2, 0.25) is 0 Å². The number of methoxy groups -OCH3 is 1. The number of nitrogens with zero attached hydrogens (tertiary/aromatic N) is 1. The van der Waals surface area contributed by atoms with Gasteiger partial charge in [0.2, 0.25) is 0 Å². The summed E-state index contributed by atoms with van der Waals surface area (Å²) in [7, 11) is 1.68. The third-order valence-electron chi connectivity index (χ3n) is 4.05. The zero-order valence-electron chi connectivity index (χ0n) is 13.7. The highest BCUT2D eigenvalue weighted by molar-refractivity contribution is 5.75. The van der Waals surface area contributed by atoms with E-state index in [2.05, 4.69) is 5.32 Å². The van der Waals surface area contributed by atoms with Gasteiger partial charge in [0.15, 0.2) is 0 Å². The highest BCUT2D eigenvalue weighted by Crippen LogP contribution is 2.27. The number of carbonyl (C=O) groups excluding carboxylic acids is 1. The molecular weight excluding hydrogens is 256 g/mol. The number of urea groups is 1. The van der Waals surface area contributed by atoms with E-state index in [1.165, 1.54) is 0 Å². The molecule has 0 spiro atoms. The minimum atomic E-state index is -0.858. The first-order valence-corrected chi connectivity index (χ1v) is 7.41. The molecule has 5 nitrogen and oxygen atoms in total. The number of carbonyl (C=O) groups is 1. The number of likely N-dealkylation sites (tertiary alicyclic amines) is 1. The third-order valence-corrected chi connectivity index (χ3v) is 4.05. The van der Waals surface area contributed by atoms with Crippen molar-refractivity contribution in [3.63, 3.8) is 0 Å². The zero-order chi connectivity index (χ0) is 15.6. The van der Waals surface area contributed by atoms with E-state index in [0.717, 1.165) is 19.3 Å².